The summed E-state index contributed by atoms with van der Waals surface area (Å²) in [7, 11) is 0. The van der Waals surface area contributed by atoms with Crippen LogP contribution in [0.15, 0.2) is 42.7 Å². The molecular weight excluding hydrogens is 421 g/mol. The Balaban J connectivity index is 1.93. The number of nitrogens with zero attached hydrogens (tertiary/aromatic N) is 3. The van der Waals surface area contributed by atoms with Crippen LogP contribution in [0.1, 0.15) is 53.4 Å². The van der Waals surface area contributed by atoms with E-state index in [0.29, 0.717) is 21.5 Å². The first-order valence-corrected chi connectivity index (χ1v) is 9.52. The Morgan fingerprint density at radius 3 is 2.59 bits per heavy atom. The van der Waals surface area contributed by atoms with Gasteiger partial charge in [-0.25, -0.2) is 9.07 Å². The van der Waals surface area contributed by atoms with Crippen molar-refractivity contribution in [3.63, 3.8) is 0 Å². The van der Waals surface area contributed by atoms with Crippen LogP contribution in [-0.4, -0.2) is 21.9 Å². The average molecular weight is 440 g/mol. The maximum atomic E-state index is 14.6. The van der Waals surface area contributed by atoms with E-state index in [4.69, 9.17) is 5.41 Å². The summed E-state index contributed by atoms with van der Waals surface area (Å²) in [5.74, 6) is -1.76. The molecule has 3 N–H and O–H groups in total. The van der Waals surface area contributed by atoms with Crippen LogP contribution in [0.2, 0.25) is 0 Å². The van der Waals surface area contributed by atoms with E-state index in [1.807, 2.05) is 6.07 Å². The number of halogens is 3. The summed E-state index contributed by atoms with van der Waals surface area (Å²) < 4.78 is 40.5. The van der Waals surface area contributed by atoms with Crippen LogP contribution in [0.4, 0.5) is 30.2 Å². The fourth-order valence-electron chi connectivity index (χ4n) is 3.25. The quantitative estimate of drug-likeness (QED) is 0.427. The summed E-state index contributed by atoms with van der Waals surface area (Å²) in [4.78, 5) is 12.9. The molecule has 0 unspecified atom stereocenters. The van der Waals surface area contributed by atoms with Gasteiger partial charge < -0.3 is 16.0 Å². The highest BCUT2D eigenvalue weighted by Crippen LogP contribution is 2.29. The molecule has 0 aliphatic carbocycles. The van der Waals surface area contributed by atoms with E-state index in [-0.39, 0.29) is 28.4 Å². The van der Waals surface area contributed by atoms with E-state index in [2.05, 4.69) is 15.7 Å². The van der Waals surface area contributed by atoms with Gasteiger partial charge in [-0.15, -0.1) is 0 Å². The van der Waals surface area contributed by atoms with E-state index in [9.17, 15) is 23.2 Å². The minimum Gasteiger partial charge on any atom is -0.352 e. The Morgan fingerprint density at radius 2 is 2.00 bits per heavy atom. The molecule has 10 heteroatoms. The Bertz CT molecular complexity index is 1210. The van der Waals surface area contributed by atoms with Crippen molar-refractivity contribution in [2.45, 2.75) is 26.3 Å². The molecule has 0 saturated carbocycles. The van der Waals surface area contributed by atoms with Gasteiger partial charge in [-0.1, -0.05) is 13.8 Å². The van der Waals surface area contributed by atoms with Crippen molar-refractivity contribution in [3.8, 4) is 6.07 Å². The van der Waals surface area contributed by atoms with Crippen LogP contribution in [0.3, 0.4) is 0 Å². The number of carbonyl (C=O) groups excluding carboxylic acids is 1. The Hall–Kier alpha value is -4.13. The van der Waals surface area contributed by atoms with Gasteiger partial charge >= 0.3 is 6.55 Å². The van der Waals surface area contributed by atoms with Crippen molar-refractivity contribution in [3.05, 3.63) is 70.8 Å². The Morgan fingerprint density at radius 1 is 1.25 bits per heavy atom. The predicted octanol–water partition coefficient (Wildman–Crippen LogP) is 5.41. The molecule has 1 aromatic heterocycles. The molecule has 1 amide bonds. The highest BCUT2D eigenvalue weighted by Gasteiger charge is 2.22. The van der Waals surface area contributed by atoms with Gasteiger partial charge in [0.2, 0.25) is 0 Å². The number of nitriles is 1. The van der Waals surface area contributed by atoms with Crippen LogP contribution in [0.5, 0.6) is 0 Å². The number of rotatable bonds is 7. The third kappa shape index (κ3) is 4.62. The van der Waals surface area contributed by atoms with Crippen LogP contribution in [-0.2, 0) is 0 Å². The lowest BCUT2D eigenvalue weighted by Crippen LogP contribution is -2.18. The van der Waals surface area contributed by atoms with E-state index in [0.717, 1.165) is 18.5 Å². The minimum absolute atomic E-state index is 0.212. The number of anilines is 3. The summed E-state index contributed by atoms with van der Waals surface area (Å²) in [5.41, 5.74) is 1.61. The monoisotopic (exact) mass is 440 g/mol. The van der Waals surface area contributed by atoms with Crippen molar-refractivity contribution in [2.75, 3.05) is 10.6 Å². The van der Waals surface area contributed by atoms with Gasteiger partial charge in [0, 0.05) is 23.2 Å². The van der Waals surface area contributed by atoms with Gasteiger partial charge in [0.05, 0.1) is 35.3 Å². The molecule has 32 heavy (non-hydrogen) atoms. The Labute approximate surface area is 182 Å². The van der Waals surface area contributed by atoms with Crippen molar-refractivity contribution >= 4 is 29.2 Å². The lowest BCUT2D eigenvalue weighted by molar-refractivity contribution is 0.0566. The normalized spacial score (nSPS) is 10.8. The third-order valence-electron chi connectivity index (χ3n) is 4.67. The van der Waals surface area contributed by atoms with Crippen molar-refractivity contribution in [1.82, 2.24) is 9.78 Å². The van der Waals surface area contributed by atoms with Crippen molar-refractivity contribution in [2.24, 2.45) is 0 Å². The number of alkyl halides is 2. The molecule has 0 saturated heterocycles. The van der Waals surface area contributed by atoms with Gasteiger partial charge in [0.1, 0.15) is 5.82 Å². The number of carbonyl (C=O) groups is 1. The zero-order valence-electron chi connectivity index (χ0n) is 17.2. The summed E-state index contributed by atoms with van der Waals surface area (Å²) in [6.07, 6.45) is 3.35. The Kier molecular flexibility index (Phi) is 6.59. The van der Waals surface area contributed by atoms with Gasteiger partial charge in [0.15, 0.2) is 0 Å². The van der Waals surface area contributed by atoms with Gasteiger partial charge in [-0.2, -0.15) is 19.1 Å². The number of amides is 1. The maximum Gasteiger partial charge on any atom is 0.333 e. The molecule has 164 valence electrons. The third-order valence-corrected chi connectivity index (χ3v) is 4.67. The molecule has 2 aromatic carbocycles. The summed E-state index contributed by atoms with van der Waals surface area (Å²) in [6.45, 7) is 0.715. The zero-order valence-corrected chi connectivity index (χ0v) is 17.2. The molecule has 3 aromatic rings. The zero-order chi connectivity index (χ0) is 23.4. The molecule has 1 heterocycles. The second-order valence-corrected chi connectivity index (χ2v) is 7.16. The topological polar surface area (TPSA) is 107 Å². The number of nitrogens with one attached hydrogen (secondary N) is 3. The van der Waals surface area contributed by atoms with Crippen LogP contribution >= 0.6 is 0 Å². The van der Waals surface area contributed by atoms with Gasteiger partial charge in [-0.3, -0.25) is 4.79 Å². The molecule has 0 atom stereocenters. The van der Waals surface area contributed by atoms with E-state index >= 15 is 0 Å². The van der Waals surface area contributed by atoms with E-state index < -0.39 is 18.3 Å². The smallest absolute Gasteiger partial charge is 0.333 e. The molecule has 0 aliphatic rings. The fraction of sp³-hybridized carbons (Fsp3) is 0.182. The van der Waals surface area contributed by atoms with Crippen molar-refractivity contribution in [1.29, 1.82) is 10.7 Å². The molecule has 7 nitrogen and oxygen atoms in total. The van der Waals surface area contributed by atoms with Crippen molar-refractivity contribution < 1.29 is 18.0 Å². The highest BCUT2D eigenvalue weighted by atomic mass is 19.3. The number of hydrogen-bond acceptors (Lipinski definition) is 5. The second-order valence-electron chi connectivity index (χ2n) is 7.16. The molecule has 3 rings (SSSR count). The molecule has 0 aliphatic heterocycles. The maximum absolute atomic E-state index is 14.6. The summed E-state index contributed by atoms with van der Waals surface area (Å²) in [6, 6.07) is 8.93. The number of aromatic nitrogens is 2. The lowest BCUT2D eigenvalue weighted by Gasteiger charge is -2.16. The first-order valence-electron chi connectivity index (χ1n) is 9.52. The molecule has 0 radical (unpaired) electrons. The average Bonchev–Trinajstić information content (AvgIpc) is 3.22. The molecule has 0 fully saturated rings. The predicted molar refractivity (Wildman–Crippen MR) is 114 cm³/mol. The van der Waals surface area contributed by atoms with Crippen LogP contribution in [0.25, 0.3) is 0 Å². The SMILES string of the molecule is CC(C)c1c(C#N)ccc(F)c1C(=O)Nc1ccc(C=N)c(Nc2cnn(C(F)F)c2)c1. The van der Waals surface area contributed by atoms with Gasteiger partial charge in [0.25, 0.3) is 5.91 Å². The highest BCUT2D eigenvalue weighted by molar-refractivity contribution is 6.06. The lowest BCUT2D eigenvalue weighted by atomic mass is 9.91. The number of hydrogen-bond donors (Lipinski definition) is 3. The standard InChI is InChI=1S/C22H19F3N6O/c1-12(2)19-14(9-27)4-6-17(23)20(19)21(32)30-15-5-3-13(8-26)18(7-15)29-16-10-28-31(11-16)22(24)25/h3-8,10-12,22,26,29H,1-2H3,(H,30,32). The first kappa shape index (κ1) is 22.6. The summed E-state index contributed by atoms with van der Waals surface area (Å²) in [5, 5.41) is 25.9. The fourth-order valence-corrected chi connectivity index (χ4v) is 3.25. The van der Waals surface area contributed by atoms with E-state index in [1.165, 1.54) is 30.5 Å². The van der Waals surface area contributed by atoms with E-state index in [1.54, 1.807) is 13.8 Å². The molecular formula is C22H19F3N6O. The minimum atomic E-state index is -2.80. The van der Waals surface area contributed by atoms with Crippen LogP contribution < -0.4 is 10.6 Å². The first-order chi connectivity index (χ1) is 15.2. The van der Waals surface area contributed by atoms with Gasteiger partial charge in [-0.05, 0) is 41.8 Å². The number of benzene rings is 2. The largest absolute Gasteiger partial charge is 0.352 e. The molecule has 0 bridgehead atoms. The second kappa shape index (κ2) is 9.34. The summed E-state index contributed by atoms with van der Waals surface area (Å²) >= 11 is 0. The molecule has 0 spiro atoms. The van der Waals surface area contributed by atoms with Crippen LogP contribution in [0, 0.1) is 22.6 Å².